The third-order valence-corrected chi connectivity index (χ3v) is 7.27. The van der Waals surface area contributed by atoms with Crippen molar-refractivity contribution in [3.05, 3.63) is 87.9 Å². The van der Waals surface area contributed by atoms with Gasteiger partial charge in [0.25, 0.3) is 17.7 Å². The molecular formula is C29H28ClN3O6S. The first kappa shape index (κ1) is 29.0. The Morgan fingerprint density at radius 1 is 0.950 bits per heavy atom. The van der Waals surface area contributed by atoms with Crippen LogP contribution in [-0.4, -0.2) is 57.1 Å². The summed E-state index contributed by atoms with van der Waals surface area (Å²) in [6.07, 6.45) is 0.506. The minimum absolute atomic E-state index is 0.147. The summed E-state index contributed by atoms with van der Waals surface area (Å²) in [7, 11) is 4.62. The van der Waals surface area contributed by atoms with Crippen LogP contribution < -0.4 is 20.1 Å². The van der Waals surface area contributed by atoms with Crippen LogP contribution in [0.1, 0.15) is 16.8 Å². The fourth-order valence-corrected chi connectivity index (χ4v) is 5.06. The number of anilines is 2. The zero-order valence-corrected chi connectivity index (χ0v) is 23.7. The summed E-state index contributed by atoms with van der Waals surface area (Å²) in [6.45, 7) is 0.631. The Balaban J connectivity index is 1.57. The van der Waals surface area contributed by atoms with E-state index < -0.39 is 11.8 Å². The second-order valence-corrected chi connectivity index (χ2v) is 10.1. The Kier molecular flexibility index (Phi) is 9.70. The van der Waals surface area contributed by atoms with Crippen molar-refractivity contribution in [2.45, 2.75) is 11.3 Å². The highest BCUT2D eigenvalue weighted by Crippen LogP contribution is 2.38. The average Bonchev–Trinajstić information content (AvgIpc) is 3.18. The van der Waals surface area contributed by atoms with Crippen LogP contribution in [0.2, 0.25) is 5.02 Å². The molecule has 3 aromatic rings. The van der Waals surface area contributed by atoms with Gasteiger partial charge in [0, 0.05) is 47.5 Å². The fourth-order valence-electron chi connectivity index (χ4n) is 3.92. The lowest BCUT2D eigenvalue weighted by molar-refractivity contribution is -0.137. The molecule has 0 fully saturated rings. The van der Waals surface area contributed by atoms with Gasteiger partial charge in [0.2, 0.25) is 0 Å². The molecule has 11 heteroatoms. The maximum Gasteiger partial charge on any atom is 0.278 e. The second-order valence-electron chi connectivity index (χ2n) is 8.59. The van der Waals surface area contributed by atoms with Crippen LogP contribution in [0, 0.1) is 0 Å². The highest BCUT2D eigenvalue weighted by atomic mass is 35.5. The number of nitrogens with one attached hydrogen (secondary N) is 2. The van der Waals surface area contributed by atoms with E-state index in [0.717, 1.165) is 11.8 Å². The number of nitrogens with zero attached hydrogens (tertiary/aromatic N) is 1. The number of rotatable bonds is 12. The van der Waals surface area contributed by atoms with E-state index in [1.54, 1.807) is 80.9 Å². The number of hydrogen-bond donors (Lipinski definition) is 2. The average molecular weight is 582 g/mol. The number of thioether (sulfide) groups is 1. The quantitative estimate of drug-likeness (QED) is 0.215. The summed E-state index contributed by atoms with van der Waals surface area (Å²) in [4.78, 5) is 41.5. The van der Waals surface area contributed by atoms with E-state index in [2.05, 4.69) is 10.6 Å². The van der Waals surface area contributed by atoms with Gasteiger partial charge in [-0.3, -0.25) is 19.3 Å². The Hall–Kier alpha value is -3.99. The van der Waals surface area contributed by atoms with E-state index in [1.165, 1.54) is 12.0 Å². The van der Waals surface area contributed by atoms with Crippen molar-refractivity contribution in [2.75, 3.05) is 45.1 Å². The molecule has 3 aromatic carbocycles. The Labute approximate surface area is 241 Å². The number of hydrogen-bond acceptors (Lipinski definition) is 8. The van der Waals surface area contributed by atoms with E-state index in [9.17, 15) is 14.4 Å². The lowest BCUT2D eigenvalue weighted by atomic mass is 10.2. The van der Waals surface area contributed by atoms with Gasteiger partial charge in [-0.15, -0.1) is 0 Å². The van der Waals surface area contributed by atoms with Crippen LogP contribution in [0.5, 0.6) is 11.5 Å². The van der Waals surface area contributed by atoms with Crippen LogP contribution in [0.15, 0.2) is 82.2 Å². The van der Waals surface area contributed by atoms with Gasteiger partial charge in [-0.25, -0.2) is 0 Å². The number of imide groups is 1. The lowest BCUT2D eigenvalue weighted by Gasteiger charge is -2.15. The molecule has 0 saturated carbocycles. The third kappa shape index (κ3) is 6.77. The first-order valence-electron chi connectivity index (χ1n) is 12.3. The number of carbonyl (C=O) groups excluding carboxylic acids is 3. The molecule has 0 saturated heterocycles. The van der Waals surface area contributed by atoms with Gasteiger partial charge in [0.05, 0.1) is 19.9 Å². The number of halogens is 1. The summed E-state index contributed by atoms with van der Waals surface area (Å²) in [5.74, 6) is -0.0993. The van der Waals surface area contributed by atoms with Gasteiger partial charge in [-0.2, -0.15) is 0 Å². The van der Waals surface area contributed by atoms with Gasteiger partial charge in [-0.05, 0) is 61.0 Å². The van der Waals surface area contributed by atoms with Crippen molar-refractivity contribution in [2.24, 2.45) is 0 Å². The van der Waals surface area contributed by atoms with E-state index in [0.29, 0.717) is 51.4 Å². The van der Waals surface area contributed by atoms with Crippen molar-refractivity contribution in [1.29, 1.82) is 0 Å². The molecule has 9 nitrogen and oxygen atoms in total. The molecule has 1 aliphatic rings. The predicted molar refractivity (Wildman–Crippen MR) is 155 cm³/mol. The summed E-state index contributed by atoms with van der Waals surface area (Å²) >= 11 is 7.15. The molecule has 0 aliphatic carbocycles. The molecule has 3 amide bonds. The molecule has 0 aromatic heterocycles. The number of amides is 3. The molecule has 40 heavy (non-hydrogen) atoms. The molecule has 1 heterocycles. The van der Waals surface area contributed by atoms with E-state index in [4.69, 9.17) is 25.8 Å². The minimum Gasteiger partial charge on any atom is -0.497 e. The first-order valence-corrected chi connectivity index (χ1v) is 13.5. The third-order valence-electron chi connectivity index (χ3n) is 5.94. The van der Waals surface area contributed by atoms with Gasteiger partial charge in [-0.1, -0.05) is 29.4 Å². The summed E-state index contributed by atoms with van der Waals surface area (Å²) in [6, 6.07) is 18.8. The lowest BCUT2D eigenvalue weighted by Crippen LogP contribution is -2.33. The van der Waals surface area contributed by atoms with Gasteiger partial charge in [0.15, 0.2) is 0 Å². The van der Waals surface area contributed by atoms with Crippen molar-refractivity contribution in [3.63, 3.8) is 0 Å². The molecular weight excluding hydrogens is 554 g/mol. The van der Waals surface area contributed by atoms with Crippen molar-refractivity contribution in [3.8, 4) is 11.5 Å². The van der Waals surface area contributed by atoms with Crippen LogP contribution in [0.3, 0.4) is 0 Å². The molecule has 0 bridgehead atoms. The van der Waals surface area contributed by atoms with Crippen molar-refractivity contribution >= 4 is 52.5 Å². The second kappa shape index (κ2) is 13.4. The fraction of sp³-hybridized carbons (Fsp3) is 0.207. The highest BCUT2D eigenvalue weighted by Gasteiger charge is 2.39. The predicted octanol–water partition coefficient (Wildman–Crippen LogP) is 5.43. The maximum absolute atomic E-state index is 13.4. The molecule has 4 rings (SSSR count). The Morgan fingerprint density at radius 2 is 1.73 bits per heavy atom. The molecule has 1 aliphatic heterocycles. The van der Waals surface area contributed by atoms with Gasteiger partial charge < -0.3 is 24.8 Å². The SMILES string of the molecule is COCCCN1C(=O)C(Nc2ccc(OC)cc2OC)=C(Sc2ccc(NC(=O)c3cccc(Cl)c3)cc2)C1=O. The number of carbonyl (C=O) groups is 3. The maximum atomic E-state index is 13.4. The number of benzene rings is 3. The van der Waals surface area contributed by atoms with Crippen molar-refractivity contribution in [1.82, 2.24) is 4.90 Å². The molecule has 0 spiro atoms. The summed E-state index contributed by atoms with van der Waals surface area (Å²) in [5.41, 5.74) is 1.66. The zero-order valence-electron chi connectivity index (χ0n) is 22.2. The first-order chi connectivity index (χ1) is 19.3. The smallest absolute Gasteiger partial charge is 0.278 e. The largest absolute Gasteiger partial charge is 0.497 e. The standard InChI is InChI=1S/C29H28ClN3O6S/c1-37-15-5-14-33-28(35)25(32-23-13-10-21(38-2)17-24(23)39-3)26(29(33)36)40-22-11-8-20(9-12-22)31-27(34)18-6-4-7-19(30)16-18/h4,6-13,16-17,32H,5,14-15H2,1-3H3,(H,31,34). The highest BCUT2D eigenvalue weighted by molar-refractivity contribution is 8.04. The molecule has 0 atom stereocenters. The monoisotopic (exact) mass is 581 g/mol. The van der Waals surface area contributed by atoms with Gasteiger partial charge >= 0.3 is 0 Å². The normalized spacial score (nSPS) is 13.1. The van der Waals surface area contributed by atoms with E-state index in [1.807, 2.05) is 0 Å². The van der Waals surface area contributed by atoms with E-state index in [-0.39, 0.29) is 23.1 Å². The van der Waals surface area contributed by atoms with Crippen molar-refractivity contribution < 1.29 is 28.6 Å². The van der Waals surface area contributed by atoms with Crippen LogP contribution in [0.25, 0.3) is 0 Å². The molecule has 0 unspecified atom stereocenters. The summed E-state index contributed by atoms with van der Waals surface area (Å²) in [5, 5.41) is 6.40. The Morgan fingerprint density at radius 3 is 2.40 bits per heavy atom. The van der Waals surface area contributed by atoms with Gasteiger partial charge in [0.1, 0.15) is 22.1 Å². The number of methoxy groups -OCH3 is 3. The molecule has 0 radical (unpaired) electrons. The Bertz CT molecular complexity index is 1440. The van der Waals surface area contributed by atoms with Crippen LogP contribution in [-0.2, 0) is 14.3 Å². The van der Waals surface area contributed by atoms with E-state index >= 15 is 0 Å². The minimum atomic E-state index is -0.438. The van der Waals surface area contributed by atoms with Crippen LogP contribution >= 0.6 is 23.4 Å². The summed E-state index contributed by atoms with van der Waals surface area (Å²) < 4.78 is 15.8. The molecule has 208 valence electrons. The zero-order chi connectivity index (χ0) is 28.6. The number of ether oxygens (including phenoxy) is 3. The molecule has 2 N–H and O–H groups in total. The topological polar surface area (TPSA) is 106 Å². The van der Waals surface area contributed by atoms with Crippen LogP contribution in [0.4, 0.5) is 11.4 Å².